The molecule has 0 aromatic heterocycles. The number of benzene rings is 1. The van der Waals surface area contributed by atoms with Crippen LogP contribution in [0.4, 0.5) is 0 Å². The van der Waals surface area contributed by atoms with E-state index in [1.165, 1.54) is 30.4 Å². The van der Waals surface area contributed by atoms with Crippen LogP contribution in [0.5, 0.6) is 0 Å². The average molecular weight is 275 g/mol. The van der Waals surface area contributed by atoms with E-state index in [-0.39, 0.29) is 5.97 Å². The van der Waals surface area contributed by atoms with Crippen molar-refractivity contribution in [2.75, 3.05) is 0 Å². The van der Waals surface area contributed by atoms with Crippen LogP contribution in [0, 0.1) is 0 Å². The lowest BCUT2D eigenvalue weighted by Crippen LogP contribution is -2.38. The van der Waals surface area contributed by atoms with Gasteiger partial charge in [0.25, 0.3) is 0 Å². The highest BCUT2D eigenvalue weighted by Crippen LogP contribution is 2.22. The molecule has 2 rings (SSSR count). The molecule has 1 aromatic carbocycles. The summed E-state index contributed by atoms with van der Waals surface area (Å²) in [6.07, 6.45) is 5.40. The molecule has 110 valence electrons. The summed E-state index contributed by atoms with van der Waals surface area (Å²) in [5, 5.41) is 0. The van der Waals surface area contributed by atoms with Gasteiger partial charge in [0.2, 0.25) is 0 Å². The predicted molar refractivity (Wildman–Crippen MR) is 80.6 cm³/mol. The number of rotatable bonds is 3. The lowest BCUT2D eigenvalue weighted by molar-refractivity contribution is -0.156. The zero-order chi connectivity index (χ0) is 14.8. The van der Waals surface area contributed by atoms with E-state index in [1.807, 2.05) is 20.8 Å². The van der Waals surface area contributed by atoms with Crippen LogP contribution < -0.4 is 5.73 Å². The van der Waals surface area contributed by atoms with E-state index in [2.05, 4.69) is 18.2 Å². The number of nitrogens with two attached hydrogens (primary N) is 1. The lowest BCUT2D eigenvalue weighted by Gasteiger charge is -2.22. The Bertz CT molecular complexity index is 488. The first-order valence-corrected chi connectivity index (χ1v) is 7.44. The number of aryl methyl sites for hydroxylation is 2. The predicted octanol–water partition coefficient (Wildman–Crippen LogP) is 2.78. The fourth-order valence-electron chi connectivity index (χ4n) is 2.63. The number of carbonyl (C=O) groups is 1. The quantitative estimate of drug-likeness (QED) is 0.863. The third kappa shape index (κ3) is 4.07. The maximum absolute atomic E-state index is 11.9. The summed E-state index contributed by atoms with van der Waals surface area (Å²) in [5.74, 6) is -0.324. The van der Waals surface area contributed by atoms with Gasteiger partial charge in [0.15, 0.2) is 0 Å². The molecule has 1 aliphatic carbocycles. The molecule has 3 nitrogen and oxygen atoms in total. The van der Waals surface area contributed by atoms with Crippen LogP contribution in [-0.4, -0.2) is 17.6 Å². The Morgan fingerprint density at radius 2 is 1.90 bits per heavy atom. The van der Waals surface area contributed by atoms with Crippen molar-refractivity contribution >= 4 is 5.97 Å². The largest absolute Gasteiger partial charge is 0.459 e. The molecule has 1 aliphatic rings. The molecule has 0 fully saturated rings. The van der Waals surface area contributed by atoms with Crippen LogP contribution in [0.1, 0.15) is 50.3 Å². The van der Waals surface area contributed by atoms with E-state index in [0.717, 1.165) is 12.0 Å². The fraction of sp³-hybridized carbons (Fsp3) is 0.588. The summed E-state index contributed by atoms with van der Waals surface area (Å²) in [6.45, 7) is 5.57. The molecule has 0 bridgehead atoms. The summed E-state index contributed by atoms with van der Waals surface area (Å²) in [7, 11) is 0. The van der Waals surface area contributed by atoms with Crippen LogP contribution in [0.3, 0.4) is 0 Å². The van der Waals surface area contributed by atoms with Crippen molar-refractivity contribution in [3.05, 3.63) is 34.9 Å². The van der Waals surface area contributed by atoms with Crippen molar-refractivity contribution in [3.8, 4) is 0 Å². The topological polar surface area (TPSA) is 52.3 Å². The van der Waals surface area contributed by atoms with Crippen molar-refractivity contribution in [2.45, 2.75) is 64.5 Å². The third-order valence-electron chi connectivity index (χ3n) is 3.58. The minimum atomic E-state index is -0.587. The van der Waals surface area contributed by atoms with Crippen LogP contribution in [0.2, 0.25) is 0 Å². The highest BCUT2D eigenvalue weighted by atomic mass is 16.6. The molecule has 1 aromatic rings. The Balaban J connectivity index is 2.01. The Morgan fingerprint density at radius 3 is 2.55 bits per heavy atom. The number of hydrogen-bond donors (Lipinski definition) is 1. The minimum Gasteiger partial charge on any atom is -0.459 e. The van der Waals surface area contributed by atoms with E-state index in [4.69, 9.17) is 10.5 Å². The maximum atomic E-state index is 11.9. The van der Waals surface area contributed by atoms with Gasteiger partial charge in [-0.15, -0.1) is 0 Å². The molecular formula is C17H25NO2. The summed E-state index contributed by atoms with van der Waals surface area (Å²) >= 11 is 0. The molecule has 0 saturated carbocycles. The monoisotopic (exact) mass is 275 g/mol. The van der Waals surface area contributed by atoms with Crippen molar-refractivity contribution < 1.29 is 9.53 Å². The Kier molecular flexibility index (Phi) is 4.48. The summed E-state index contributed by atoms with van der Waals surface area (Å²) in [4.78, 5) is 11.9. The smallest absolute Gasteiger partial charge is 0.323 e. The second kappa shape index (κ2) is 5.96. The Labute approximate surface area is 121 Å². The first kappa shape index (κ1) is 15.0. The van der Waals surface area contributed by atoms with Crippen molar-refractivity contribution in [2.24, 2.45) is 5.73 Å². The molecule has 0 unspecified atom stereocenters. The van der Waals surface area contributed by atoms with E-state index < -0.39 is 11.6 Å². The van der Waals surface area contributed by atoms with Crippen molar-refractivity contribution in [1.29, 1.82) is 0 Å². The SMILES string of the molecule is CC(C)(C)OC(=O)[C@@H](N)Cc1ccc2c(c1)CCCC2. The highest BCUT2D eigenvalue weighted by Gasteiger charge is 2.22. The van der Waals surface area contributed by atoms with Gasteiger partial charge in [-0.1, -0.05) is 18.2 Å². The molecule has 1 atom stereocenters. The Hall–Kier alpha value is -1.35. The van der Waals surface area contributed by atoms with Gasteiger partial charge in [-0.05, 0) is 69.6 Å². The summed E-state index contributed by atoms with van der Waals surface area (Å²) in [6, 6.07) is 5.90. The molecule has 0 radical (unpaired) electrons. The average Bonchev–Trinajstić information content (AvgIpc) is 2.36. The van der Waals surface area contributed by atoms with Gasteiger partial charge in [0.1, 0.15) is 11.6 Å². The maximum Gasteiger partial charge on any atom is 0.323 e. The number of carbonyl (C=O) groups excluding carboxylic acids is 1. The third-order valence-corrected chi connectivity index (χ3v) is 3.58. The minimum absolute atomic E-state index is 0.324. The summed E-state index contributed by atoms with van der Waals surface area (Å²) in [5.41, 5.74) is 9.48. The lowest BCUT2D eigenvalue weighted by atomic mass is 9.89. The number of fused-ring (bicyclic) bond motifs is 1. The van der Waals surface area contributed by atoms with Crippen LogP contribution in [0.25, 0.3) is 0 Å². The van der Waals surface area contributed by atoms with Crippen LogP contribution in [0.15, 0.2) is 18.2 Å². The standard InChI is InChI=1S/C17H25NO2/c1-17(2,3)20-16(19)15(18)11-12-8-9-13-6-4-5-7-14(13)10-12/h8-10,15H,4-7,11,18H2,1-3H3/t15-/m0/s1. The highest BCUT2D eigenvalue weighted by molar-refractivity contribution is 5.76. The molecule has 0 aliphatic heterocycles. The molecule has 3 heteroatoms. The number of hydrogen-bond acceptors (Lipinski definition) is 3. The molecular weight excluding hydrogens is 250 g/mol. The first-order chi connectivity index (χ1) is 9.35. The molecule has 0 amide bonds. The van der Waals surface area contributed by atoms with Gasteiger partial charge in [-0.3, -0.25) is 4.79 Å². The molecule has 0 saturated heterocycles. The zero-order valence-electron chi connectivity index (χ0n) is 12.7. The second-order valence-electron chi connectivity index (χ2n) is 6.65. The molecule has 2 N–H and O–H groups in total. The van der Waals surface area contributed by atoms with Gasteiger partial charge >= 0.3 is 5.97 Å². The van der Waals surface area contributed by atoms with Crippen LogP contribution in [-0.2, 0) is 28.8 Å². The Morgan fingerprint density at radius 1 is 1.25 bits per heavy atom. The fourth-order valence-corrected chi connectivity index (χ4v) is 2.63. The van der Waals surface area contributed by atoms with Gasteiger partial charge in [-0.25, -0.2) is 0 Å². The summed E-state index contributed by atoms with van der Waals surface area (Å²) < 4.78 is 5.32. The van der Waals surface area contributed by atoms with Gasteiger partial charge in [-0.2, -0.15) is 0 Å². The van der Waals surface area contributed by atoms with E-state index in [1.54, 1.807) is 0 Å². The van der Waals surface area contributed by atoms with E-state index >= 15 is 0 Å². The van der Waals surface area contributed by atoms with Crippen molar-refractivity contribution in [1.82, 2.24) is 0 Å². The number of ether oxygens (including phenoxy) is 1. The second-order valence-corrected chi connectivity index (χ2v) is 6.65. The van der Waals surface area contributed by atoms with Crippen LogP contribution >= 0.6 is 0 Å². The molecule has 20 heavy (non-hydrogen) atoms. The molecule has 0 heterocycles. The van der Waals surface area contributed by atoms with E-state index in [0.29, 0.717) is 6.42 Å². The van der Waals surface area contributed by atoms with Gasteiger partial charge in [0, 0.05) is 0 Å². The first-order valence-electron chi connectivity index (χ1n) is 7.44. The normalized spacial score (nSPS) is 16.4. The van der Waals surface area contributed by atoms with Crippen molar-refractivity contribution in [3.63, 3.8) is 0 Å². The zero-order valence-corrected chi connectivity index (χ0v) is 12.7. The van der Waals surface area contributed by atoms with E-state index in [9.17, 15) is 4.79 Å². The van der Waals surface area contributed by atoms with Gasteiger partial charge < -0.3 is 10.5 Å². The van der Waals surface area contributed by atoms with Gasteiger partial charge in [0.05, 0.1) is 0 Å². The number of esters is 1. The molecule has 0 spiro atoms.